The first-order chi connectivity index (χ1) is 9.11. The highest BCUT2D eigenvalue weighted by molar-refractivity contribution is 5.78. The summed E-state index contributed by atoms with van der Waals surface area (Å²) in [4.78, 5) is 12.9. The van der Waals surface area contributed by atoms with Gasteiger partial charge in [0.2, 0.25) is 0 Å². The Kier molecular flexibility index (Phi) is 3.16. The maximum Gasteiger partial charge on any atom is 0.121 e. The van der Waals surface area contributed by atoms with Crippen molar-refractivity contribution in [2.24, 2.45) is 0 Å². The largest absolute Gasteiger partial charge is 0.399 e. The molecule has 1 unspecified atom stereocenters. The minimum Gasteiger partial charge on any atom is -0.399 e. The lowest BCUT2D eigenvalue weighted by molar-refractivity contribution is 0.0918. The zero-order valence-corrected chi connectivity index (χ0v) is 11.6. The van der Waals surface area contributed by atoms with Gasteiger partial charge >= 0.3 is 0 Å². The van der Waals surface area contributed by atoms with Crippen molar-refractivity contribution in [3.05, 3.63) is 24.0 Å². The number of benzene rings is 1. The first-order valence-corrected chi connectivity index (χ1v) is 6.78. The molecule has 5 heteroatoms. The van der Waals surface area contributed by atoms with Crippen LogP contribution >= 0.6 is 0 Å². The van der Waals surface area contributed by atoms with E-state index in [1.807, 2.05) is 18.2 Å². The number of aromatic nitrogens is 2. The predicted molar refractivity (Wildman–Crippen MR) is 77.9 cm³/mol. The molecule has 0 spiro atoms. The molecule has 19 heavy (non-hydrogen) atoms. The van der Waals surface area contributed by atoms with Crippen LogP contribution in [0.4, 0.5) is 5.69 Å². The number of fused-ring (bicyclic) bond motifs is 1. The van der Waals surface area contributed by atoms with Crippen LogP contribution < -0.4 is 5.73 Å². The van der Waals surface area contributed by atoms with Gasteiger partial charge in [-0.3, -0.25) is 4.90 Å². The number of hydrogen-bond acceptors (Lipinski definition) is 4. The van der Waals surface area contributed by atoms with E-state index in [1.165, 1.54) is 0 Å². The van der Waals surface area contributed by atoms with E-state index >= 15 is 0 Å². The van der Waals surface area contributed by atoms with E-state index in [0.29, 0.717) is 6.04 Å². The van der Waals surface area contributed by atoms with Crippen LogP contribution in [0.2, 0.25) is 0 Å². The second-order valence-electron chi connectivity index (χ2n) is 5.54. The summed E-state index contributed by atoms with van der Waals surface area (Å²) in [6, 6.07) is 6.37. The van der Waals surface area contributed by atoms with E-state index in [9.17, 15) is 0 Å². The van der Waals surface area contributed by atoms with Crippen molar-refractivity contribution < 1.29 is 0 Å². The number of aromatic amines is 1. The first-order valence-electron chi connectivity index (χ1n) is 6.78. The summed E-state index contributed by atoms with van der Waals surface area (Å²) >= 11 is 0. The topological polar surface area (TPSA) is 61.2 Å². The number of nitrogens with one attached hydrogen (secondary N) is 1. The van der Waals surface area contributed by atoms with Gasteiger partial charge in [0.1, 0.15) is 5.82 Å². The van der Waals surface area contributed by atoms with Crippen molar-refractivity contribution in [3.63, 3.8) is 0 Å². The van der Waals surface area contributed by atoms with Gasteiger partial charge in [-0.25, -0.2) is 4.98 Å². The highest BCUT2D eigenvalue weighted by Gasteiger charge is 2.22. The van der Waals surface area contributed by atoms with Gasteiger partial charge < -0.3 is 15.6 Å². The number of rotatable bonds is 2. The van der Waals surface area contributed by atoms with Crippen LogP contribution in [0, 0.1) is 0 Å². The fourth-order valence-electron chi connectivity index (χ4n) is 2.76. The molecule has 3 rings (SSSR count). The van der Waals surface area contributed by atoms with Crippen molar-refractivity contribution >= 4 is 16.7 Å². The summed E-state index contributed by atoms with van der Waals surface area (Å²) in [5.74, 6) is 1.03. The molecule has 1 atom stereocenters. The molecule has 0 bridgehead atoms. The molecular formula is C14H21N5. The van der Waals surface area contributed by atoms with Gasteiger partial charge in [-0.15, -0.1) is 0 Å². The van der Waals surface area contributed by atoms with E-state index in [-0.39, 0.29) is 0 Å². The lowest BCUT2D eigenvalue weighted by atomic mass is 10.2. The van der Waals surface area contributed by atoms with Crippen molar-refractivity contribution in [2.45, 2.75) is 19.5 Å². The Morgan fingerprint density at radius 2 is 2.26 bits per heavy atom. The molecule has 2 heterocycles. The molecule has 0 saturated carbocycles. The third kappa shape index (κ3) is 2.57. The van der Waals surface area contributed by atoms with Gasteiger partial charge in [-0.1, -0.05) is 0 Å². The predicted octanol–water partition coefficient (Wildman–Crippen LogP) is 1.28. The number of anilines is 1. The number of nitrogens with zero attached hydrogens (tertiary/aromatic N) is 3. The molecule has 1 fully saturated rings. The lowest BCUT2D eigenvalue weighted by Crippen LogP contribution is -2.49. The van der Waals surface area contributed by atoms with Crippen LogP contribution in [0.15, 0.2) is 18.2 Å². The van der Waals surface area contributed by atoms with Crippen LogP contribution in [0.3, 0.4) is 0 Å². The molecule has 3 N–H and O–H groups in total. The molecule has 102 valence electrons. The third-order valence-corrected chi connectivity index (χ3v) is 3.88. The van der Waals surface area contributed by atoms with Gasteiger partial charge in [0.15, 0.2) is 0 Å². The Balaban J connectivity index is 1.77. The van der Waals surface area contributed by atoms with Crippen LogP contribution in [0.5, 0.6) is 0 Å². The fourth-order valence-corrected chi connectivity index (χ4v) is 2.76. The average molecular weight is 259 g/mol. The van der Waals surface area contributed by atoms with Crippen molar-refractivity contribution in [2.75, 3.05) is 32.4 Å². The number of likely N-dealkylation sites (N-methyl/N-ethyl adjacent to an activating group) is 1. The molecule has 1 aliphatic rings. The summed E-state index contributed by atoms with van der Waals surface area (Å²) in [6.07, 6.45) is 0. The zero-order chi connectivity index (χ0) is 13.4. The Bertz CT molecular complexity index is 576. The summed E-state index contributed by atoms with van der Waals surface area (Å²) < 4.78 is 0. The third-order valence-electron chi connectivity index (χ3n) is 3.88. The van der Waals surface area contributed by atoms with Gasteiger partial charge in [-0.2, -0.15) is 0 Å². The standard InChI is InChI=1S/C14H21N5/c1-10-8-18(2)5-6-19(10)9-14-16-12-4-3-11(15)7-13(12)17-14/h3-4,7,10H,5-6,8-9,15H2,1-2H3,(H,16,17). The Morgan fingerprint density at radius 3 is 3.05 bits per heavy atom. The quantitative estimate of drug-likeness (QED) is 0.798. The van der Waals surface area contributed by atoms with Crippen LogP contribution in [0.25, 0.3) is 11.0 Å². The highest BCUT2D eigenvalue weighted by atomic mass is 15.3. The molecule has 5 nitrogen and oxygen atoms in total. The number of nitrogens with two attached hydrogens (primary N) is 1. The molecular weight excluding hydrogens is 238 g/mol. The van der Waals surface area contributed by atoms with Crippen molar-refractivity contribution in [1.82, 2.24) is 19.8 Å². The molecule has 1 saturated heterocycles. The first kappa shape index (κ1) is 12.4. The summed E-state index contributed by atoms with van der Waals surface area (Å²) in [6.45, 7) is 6.49. The van der Waals surface area contributed by atoms with E-state index in [2.05, 4.69) is 33.7 Å². The van der Waals surface area contributed by atoms with Gasteiger partial charge in [0.25, 0.3) is 0 Å². The summed E-state index contributed by atoms with van der Waals surface area (Å²) in [5.41, 5.74) is 8.58. The molecule has 1 aliphatic heterocycles. The minimum atomic E-state index is 0.567. The Morgan fingerprint density at radius 1 is 1.42 bits per heavy atom. The van der Waals surface area contributed by atoms with Crippen LogP contribution in [-0.2, 0) is 6.54 Å². The van der Waals surface area contributed by atoms with Crippen LogP contribution in [0.1, 0.15) is 12.7 Å². The maximum atomic E-state index is 5.79. The van der Waals surface area contributed by atoms with E-state index in [4.69, 9.17) is 5.73 Å². The minimum absolute atomic E-state index is 0.567. The molecule has 1 aromatic heterocycles. The van der Waals surface area contributed by atoms with E-state index in [0.717, 1.165) is 48.7 Å². The highest BCUT2D eigenvalue weighted by Crippen LogP contribution is 2.17. The SMILES string of the molecule is CC1CN(C)CCN1Cc1nc2ccc(N)cc2[nH]1. The fraction of sp³-hybridized carbons (Fsp3) is 0.500. The molecule has 0 radical (unpaired) electrons. The van der Waals surface area contributed by atoms with E-state index in [1.54, 1.807) is 0 Å². The van der Waals surface area contributed by atoms with Crippen molar-refractivity contribution in [3.8, 4) is 0 Å². The lowest BCUT2D eigenvalue weighted by Gasteiger charge is -2.37. The number of H-pyrrole nitrogens is 1. The van der Waals surface area contributed by atoms with Gasteiger partial charge in [0, 0.05) is 31.4 Å². The number of nitrogen functional groups attached to an aromatic ring is 1. The second kappa shape index (κ2) is 4.83. The Hall–Kier alpha value is -1.59. The number of imidazole rings is 1. The molecule has 0 aliphatic carbocycles. The normalized spacial score (nSPS) is 22.1. The Labute approximate surface area is 113 Å². The maximum absolute atomic E-state index is 5.79. The molecule has 2 aromatic rings. The van der Waals surface area contributed by atoms with Crippen LogP contribution in [-0.4, -0.2) is 52.5 Å². The molecule has 0 amide bonds. The van der Waals surface area contributed by atoms with Gasteiger partial charge in [0.05, 0.1) is 17.6 Å². The zero-order valence-electron chi connectivity index (χ0n) is 11.6. The number of piperazine rings is 1. The second-order valence-corrected chi connectivity index (χ2v) is 5.54. The smallest absolute Gasteiger partial charge is 0.121 e. The summed E-state index contributed by atoms with van der Waals surface area (Å²) in [5, 5.41) is 0. The van der Waals surface area contributed by atoms with Crippen molar-refractivity contribution in [1.29, 1.82) is 0 Å². The monoisotopic (exact) mass is 259 g/mol. The van der Waals surface area contributed by atoms with Gasteiger partial charge in [-0.05, 0) is 32.2 Å². The average Bonchev–Trinajstić information content (AvgIpc) is 2.74. The summed E-state index contributed by atoms with van der Waals surface area (Å²) in [7, 11) is 2.18. The van der Waals surface area contributed by atoms with E-state index < -0.39 is 0 Å². The molecule has 1 aromatic carbocycles. The number of hydrogen-bond donors (Lipinski definition) is 2.